The van der Waals surface area contributed by atoms with Gasteiger partial charge in [-0.1, -0.05) is 38.5 Å². The predicted octanol–water partition coefficient (Wildman–Crippen LogP) is 3.38. The molecule has 0 saturated heterocycles. The monoisotopic (exact) mass is 208 g/mol. The van der Waals surface area contributed by atoms with E-state index in [0.717, 1.165) is 6.42 Å². The number of carbonyl (C=O) groups excluding carboxylic acids is 1. The van der Waals surface area contributed by atoms with Crippen LogP contribution in [0.15, 0.2) is 11.8 Å². The van der Waals surface area contributed by atoms with Gasteiger partial charge in [-0.25, -0.2) is 0 Å². The van der Waals surface area contributed by atoms with Crippen molar-refractivity contribution >= 4 is 5.78 Å². The minimum absolute atomic E-state index is 0.122. The van der Waals surface area contributed by atoms with Crippen molar-refractivity contribution in [3.63, 3.8) is 0 Å². The fourth-order valence-electron chi connectivity index (χ4n) is 2.28. The summed E-state index contributed by atoms with van der Waals surface area (Å²) >= 11 is 0. The number of allylic oxidation sites excluding steroid dienone is 2. The van der Waals surface area contributed by atoms with Crippen LogP contribution in [0.1, 0.15) is 51.4 Å². The van der Waals surface area contributed by atoms with Gasteiger partial charge >= 0.3 is 0 Å². The van der Waals surface area contributed by atoms with Crippen LogP contribution in [0.4, 0.5) is 0 Å². The number of hydrogen-bond donors (Lipinski definition) is 1. The van der Waals surface area contributed by atoms with Crippen molar-refractivity contribution in [1.29, 1.82) is 0 Å². The Morgan fingerprint density at radius 3 is 2.07 bits per heavy atom. The summed E-state index contributed by atoms with van der Waals surface area (Å²) in [6.07, 6.45) is 10.2. The fourth-order valence-corrected chi connectivity index (χ4v) is 2.28. The smallest absolute Gasteiger partial charge is 0.159 e. The predicted molar refractivity (Wildman–Crippen MR) is 59.6 cm³/mol. The largest absolute Gasteiger partial charge is 0.512 e. The second-order valence-electron chi connectivity index (χ2n) is 5.10. The third kappa shape index (κ3) is 3.08. The van der Waals surface area contributed by atoms with Crippen LogP contribution >= 0.6 is 0 Å². The van der Waals surface area contributed by atoms with Crippen LogP contribution in [0.3, 0.4) is 0 Å². The van der Waals surface area contributed by atoms with Crippen LogP contribution in [-0.2, 0) is 4.79 Å². The van der Waals surface area contributed by atoms with E-state index in [4.69, 9.17) is 0 Å². The molecule has 2 nitrogen and oxygen atoms in total. The van der Waals surface area contributed by atoms with E-state index in [2.05, 4.69) is 0 Å². The summed E-state index contributed by atoms with van der Waals surface area (Å²) in [5, 5.41) is 9.60. The lowest BCUT2D eigenvalue weighted by Gasteiger charge is -2.25. The average molecular weight is 208 g/mol. The van der Waals surface area contributed by atoms with E-state index in [1.54, 1.807) is 0 Å². The molecular formula is C13H20O2. The Bertz CT molecular complexity index is 260. The van der Waals surface area contributed by atoms with Gasteiger partial charge in [-0.05, 0) is 11.8 Å². The van der Waals surface area contributed by atoms with E-state index < -0.39 is 0 Å². The first-order valence-corrected chi connectivity index (χ1v) is 6.16. The van der Waals surface area contributed by atoms with Crippen molar-refractivity contribution in [2.24, 2.45) is 11.8 Å². The van der Waals surface area contributed by atoms with Gasteiger partial charge in [0.25, 0.3) is 0 Å². The lowest BCUT2D eigenvalue weighted by atomic mass is 9.81. The normalized spacial score (nSPS) is 23.3. The number of hydrogen-bond acceptors (Lipinski definition) is 2. The summed E-state index contributed by atoms with van der Waals surface area (Å²) in [5.41, 5.74) is 0. The zero-order valence-electron chi connectivity index (χ0n) is 9.24. The van der Waals surface area contributed by atoms with Gasteiger partial charge in [0, 0.05) is 18.9 Å². The maximum atomic E-state index is 11.5. The first-order valence-electron chi connectivity index (χ1n) is 6.16. The summed E-state index contributed by atoms with van der Waals surface area (Å²) in [6.45, 7) is 0. The molecule has 0 heterocycles. The molecule has 84 valence electrons. The van der Waals surface area contributed by atoms with Crippen LogP contribution in [0.2, 0.25) is 0 Å². The molecule has 2 aliphatic carbocycles. The van der Waals surface area contributed by atoms with Crippen molar-refractivity contribution in [3.8, 4) is 0 Å². The summed E-state index contributed by atoms with van der Waals surface area (Å²) in [5.74, 6) is 1.67. The molecule has 2 aliphatic rings. The van der Waals surface area contributed by atoms with Crippen molar-refractivity contribution < 1.29 is 9.90 Å². The Balaban J connectivity index is 1.71. The third-order valence-electron chi connectivity index (χ3n) is 3.76. The highest BCUT2D eigenvalue weighted by molar-refractivity contribution is 5.90. The molecule has 0 spiro atoms. The highest BCUT2D eigenvalue weighted by atomic mass is 16.3. The van der Waals surface area contributed by atoms with Gasteiger partial charge < -0.3 is 5.11 Å². The van der Waals surface area contributed by atoms with Gasteiger partial charge in [0.2, 0.25) is 0 Å². The van der Waals surface area contributed by atoms with Crippen molar-refractivity contribution in [3.05, 3.63) is 11.8 Å². The van der Waals surface area contributed by atoms with E-state index in [-0.39, 0.29) is 5.78 Å². The van der Waals surface area contributed by atoms with Crippen LogP contribution < -0.4 is 0 Å². The number of carbonyl (C=O) groups is 1. The fraction of sp³-hybridized carbons (Fsp3) is 0.769. The highest BCUT2D eigenvalue weighted by Crippen LogP contribution is 2.32. The van der Waals surface area contributed by atoms with Gasteiger partial charge in [-0.15, -0.1) is 0 Å². The van der Waals surface area contributed by atoms with Crippen LogP contribution in [-0.4, -0.2) is 10.9 Å². The number of ketones is 1. The molecule has 0 aromatic carbocycles. The number of rotatable bonds is 5. The van der Waals surface area contributed by atoms with E-state index >= 15 is 0 Å². The maximum Gasteiger partial charge on any atom is 0.159 e. The summed E-state index contributed by atoms with van der Waals surface area (Å²) < 4.78 is 0. The van der Waals surface area contributed by atoms with Gasteiger partial charge in [0.1, 0.15) is 0 Å². The molecule has 1 N–H and O–H groups in total. The lowest BCUT2D eigenvalue weighted by Crippen LogP contribution is -2.15. The van der Waals surface area contributed by atoms with Gasteiger partial charge in [0.15, 0.2) is 5.78 Å². The van der Waals surface area contributed by atoms with Crippen molar-refractivity contribution in [2.75, 3.05) is 0 Å². The lowest BCUT2D eigenvalue weighted by molar-refractivity contribution is -0.116. The first-order chi connectivity index (χ1) is 7.24. The second-order valence-corrected chi connectivity index (χ2v) is 5.10. The van der Waals surface area contributed by atoms with Crippen LogP contribution in [0.25, 0.3) is 0 Å². The molecule has 0 amide bonds. The topological polar surface area (TPSA) is 37.3 Å². The summed E-state index contributed by atoms with van der Waals surface area (Å²) in [4.78, 5) is 11.5. The Morgan fingerprint density at radius 2 is 1.60 bits per heavy atom. The minimum atomic E-state index is 0.122. The van der Waals surface area contributed by atoms with E-state index in [0.29, 0.717) is 24.0 Å². The molecule has 0 radical (unpaired) electrons. The van der Waals surface area contributed by atoms with Crippen LogP contribution in [0, 0.1) is 11.8 Å². The van der Waals surface area contributed by atoms with Crippen molar-refractivity contribution in [1.82, 2.24) is 0 Å². The van der Waals surface area contributed by atoms with Crippen molar-refractivity contribution in [2.45, 2.75) is 51.4 Å². The Kier molecular flexibility index (Phi) is 3.45. The molecular weight excluding hydrogens is 188 g/mol. The standard InChI is InChI=1S/C13H20O2/c14-12(7-10-3-1-4-10)9-13(15)8-11-5-2-6-11/h9-11,14H,1-8H2/b12-9-. The van der Waals surface area contributed by atoms with E-state index in [9.17, 15) is 9.90 Å². The molecule has 0 aliphatic heterocycles. The quantitative estimate of drug-likeness (QED) is 0.555. The number of aliphatic hydroxyl groups is 1. The zero-order valence-corrected chi connectivity index (χ0v) is 9.24. The van der Waals surface area contributed by atoms with Crippen LogP contribution in [0.5, 0.6) is 0 Å². The van der Waals surface area contributed by atoms with E-state index in [1.807, 2.05) is 0 Å². The average Bonchev–Trinajstić information content (AvgIpc) is 2.05. The number of aliphatic hydroxyl groups excluding tert-OH is 1. The zero-order chi connectivity index (χ0) is 10.7. The molecule has 0 aromatic heterocycles. The van der Waals surface area contributed by atoms with Gasteiger partial charge in [-0.3, -0.25) is 4.79 Å². The molecule has 15 heavy (non-hydrogen) atoms. The molecule has 2 heteroatoms. The summed E-state index contributed by atoms with van der Waals surface area (Å²) in [7, 11) is 0. The third-order valence-corrected chi connectivity index (χ3v) is 3.76. The van der Waals surface area contributed by atoms with Gasteiger partial charge in [0.05, 0.1) is 5.76 Å². The second kappa shape index (κ2) is 4.82. The molecule has 0 aromatic rings. The summed E-state index contributed by atoms with van der Waals surface area (Å²) in [6, 6.07) is 0. The molecule has 2 fully saturated rings. The molecule has 0 bridgehead atoms. The highest BCUT2D eigenvalue weighted by Gasteiger charge is 2.21. The minimum Gasteiger partial charge on any atom is -0.512 e. The SMILES string of the molecule is O=C(/C=C(\O)CC1CCC1)CC1CCC1. The van der Waals surface area contributed by atoms with Gasteiger partial charge in [-0.2, -0.15) is 0 Å². The first kappa shape index (κ1) is 10.7. The maximum absolute atomic E-state index is 11.5. The molecule has 0 unspecified atom stereocenters. The Labute approximate surface area is 91.4 Å². The Morgan fingerprint density at radius 1 is 1.07 bits per heavy atom. The molecule has 2 saturated carbocycles. The molecule has 2 rings (SSSR count). The van der Waals surface area contributed by atoms with E-state index in [1.165, 1.54) is 44.6 Å². The Hall–Kier alpha value is -0.790. The molecule has 0 atom stereocenters.